The highest BCUT2D eigenvalue weighted by Crippen LogP contribution is 2.49. The molecule has 3 aromatic carbocycles. The fourth-order valence-corrected chi connectivity index (χ4v) is 5.47. The fraction of sp³-hybridized carbons (Fsp3) is 0.125. The first-order valence-electron chi connectivity index (χ1n) is 10.3. The number of carbonyl (C=O) groups excluding carboxylic acids is 3. The molecule has 1 fully saturated rings. The Morgan fingerprint density at radius 1 is 0.703 bits per heavy atom. The Hall–Kier alpha value is -2.85. The van der Waals surface area contributed by atoms with Crippen molar-refractivity contribution in [2.24, 2.45) is 0 Å². The number of benzene rings is 3. The molecule has 2 aliphatic heterocycles. The van der Waals surface area contributed by atoms with Gasteiger partial charge in [0.2, 0.25) is 0 Å². The molecule has 0 radical (unpaired) electrons. The summed E-state index contributed by atoms with van der Waals surface area (Å²) in [4.78, 5) is 41.8. The molecule has 0 N–H and O–H groups in total. The van der Waals surface area contributed by atoms with Crippen LogP contribution in [0.5, 0.6) is 0 Å². The highest BCUT2D eigenvalue weighted by atomic mass is 35.5. The quantitative estimate of drug-likeness (QED) is 0.106. The molecule has 1 saturated heterocycles. The van der Waals surface area contributed by atoms with Gasteiger partial charge in [0.15, 0.2) is 0 Å². The minimum atomic E-state index is -4.69. The van der Waals surface area contributed by atoms with Gasteiger partial charge in [-0.2, -0.15) is 13.2 Å². The van der Waals surface area contributed by atoms with E-state index in [9.17, 15) is 31.9 Å². The minimum absolute atomic E-state index is 0.135. The molecule has 5 rings (SSSR count). The third-order valence-corrected chi connectivity index (χ3v) is 7.94. The maximum Gasteiger partial charge on any atom is 0.416 e. The number of amides is 3. The van der Waals surface area contributed by atoms with Crippen LogP contribution < -0.4 is 4.90 Å². The van der Waals surface area contributed by atoms with E-state index in [0.29, 0.717) is 4.90 Å². The van der Waals surface area contributed by atoms with Gasteiger partial charge in [-0.3, -0.25) is 19.3 Å². The summed E-state index contributed by atoms with van der Waals surface area (Å²) in [5.41, 5.74) is -1.59. The van der Waals surface area contributed by atoms with Gasteiger partial charge in [-0.25, -0.2) is 4.39 Å². The van der Waals surface area contributed by atoms with Gasteiger partial charge in [-0.1, -0.05) is 64.6 Å². The van der Waals surface area contributed by atoms with Crippen molar-refractivity contribution in [1.82, 2.24) is 4.90 Å². The zero-order chi connectivity index (χ0) is 27.0. The number of imide groups is 1. The first kappa shape index (κ1) is 25.8. The van der Waals surface area contributed by atoms with Crippen LogP contribution >= 0.6 is 46.4 Å². The number of anilines is 1. The molecule has 5 nitrogen and oxygen atoms in total. The van der Waals surface area contributed by atoms with E-state index in [1.54, 1.807) is 0 Å². The molecule has 0 aromatic heterocycles. The second-order valence-electron chi connectivity index (χ2n) is 8.18. The van der Waals surface area contributed by atoms with Crippen LogP contribution in [0.15, 0.2) is 48.5 Å². The van der Waals surface area contributed by atoms with Crippen LogP contribution in [0, 0.1) is 5.82 Å². The van der Waals surface area contributed by atoms with Crippen molar-refractivity contribution in [1.29, 1.82) is 0 Å². The average molecular weight is 592 g/mol. The van der Waals surface area contributed by atoms with E-state index in [4.69, 9.17) is 46.4 Å². The van der Waals surface area contributed by atoms with E-state index in [0.717, 1.165) is 35.2 Å². The van der Waals surface area contributed by atoms with Gasteiger partial charge in [0, 0.05) is 5.69 Å². The Kier molecular flexibility index (Phi) is 6.18. The molecule has 0 bridgehead atoms. The number of nitrogens with zero attached hydrogens (tertiary/aromatic N) is 2. The number of alkyl halides is 3. The third-order valence-electron chi connectivity index (χ3n) is 6.14. The summed E-state index contributed by atoms with van der Waals surface area (Å²) in [6.07, 6.45) is -4.69. The third kappa shape index (κ3) is 3.87. The molecular formula is C24H10Cl4F4N2O3. The molecule has 190 valence electrons. The van der Waals surface area contributed by atoms with Gasteiger partial charge in [0.05, 0.1) is 42.8 Å². The van der Waals surface area contributed by atoms with Crippen molar-refractivity contribution in [2.75, 3.05) is 4.90 Å². The Morgan fingerprint density at radius 2 is 1.24 bits per heavy atom. The summed E-state index contributed by atoms with van der Waals surface area (Å²) < 4.78 is 53.7. The van der Waals surface area contributed by atoms with Gasteiger partial charge < -0.3 is 4.90 Å². The van der Waals surface area contributed by atoms with E-state index in [1.807, 2.05) is 0 Å². The highest BCUT2D eigenvalue weighted by Gasteiger charge is 2.58. The Morgan fingerprint density at radius 3 is 1.76 bits per heavy atom. The molecule has 2 atom stereocenters. The van der Waals surface area contributed by atoms with E-state index < -0.39 is 47.4 Å². The molecule has 13 heteroatoms. The summed E-state index contributed by atoms with van der Waals surface area (Å²) in [7, 11) is 0. The average Bonchev–Trinajstić information content (AvgIpc) is 3.10. The number of carbonyl (C=O) groups is 3. The summed E-state index contributed by atoms with van der Waals surface area (Å²) >= 11 is 24.5. The minimum Gasteiger partial charge on any atom is -0.300 e. The zero-order valence-corrected chi connectivity index (χ0v) is 20.9. The summed E-state index contributed by atoms with van der Waals surface area (Å²) in [5, 5.41) is -1.22. The van der Waals surface area contributed by atoms with Crippen LogP contribution in [-0.4, -0.2) is 28.7 Å². The predicted molar refractivity (Wildman–Crippen MR) is 129 cm³/mol. The lowest BCUT2D eigenvalue weighted by atomic mass is 9.86. The van der Waals surface area contributed by atoms with Gasteiger partial charge in [0.1, 0.15) is 11.9 Å². The van der Waals surface area contributed by atoms with Crippen LogP contribution in [0.25, 0.3) is 0 Å². The predicted octanol–water partition coefficient (Wildman–Crippen LogP) is 7.21. The number of fused-ring (bicyclic) bond motifs is 1. The van der Waals surface area contributed by atoms with Crippen LogP contribution in [0.1, 0.15) is 37.9 Å². The Labute approximate surface area is 226 Å². The van der Waals surface area contributed by atoms with Crippen molar-refractivity contribution in [3.63, 3.8) is 0 Å². The summed E-state index contributed by atoms with van der Waals surface area (Å²) in [6.45, 7) is 0. The smallest absolute Gasteiger partial charge is 0.300 e. The molecule has 0 saturated carbocycles. The van der Waals surface area contributed by atoms with Crippen LogP contribution in [-0.2, 0) is 11.0 Å². The maximum absolute atomic E-state index is 13.6. The first-order valence-corrected chi connectivity index (χ1v) is 11.9. The monoisotopic (exact) mass is 590 g/mol. The van der Waals surface area contributed by atoms with Crippen molar-refractivity contribution < 1.29 is 31.9 Å². The molecule has 0 unspecified atom stereocenters. The number of rotatable bonds is 3. The topological polar surface area (TPSA) is 57.7 Å². The van der Waals surface area contributed by atoms with Gasteiger partial charge in [-0.05, 0) is 35.9 Å². The van der Waals surface area contributed by atoms with E-state index >= 15 is 0 Å². The van der Waals surface area contributed by atoms with E-state index in [1.165, 1.54) is 18.2 Å². The van der Waals surface area contributed by atoms with Gasteiger partial charge in [-0.15, -0.1) is 0 Å². The lowest BCUT2D eigenvalue weighted by Gasteiger charge is -2.49. The molecule has 37 heavy (non-hydrogen) atoms. The van der Waals surface area contributed by atoms with Gasteiger partial charge >= 0.3 is 6.18 Å². The first-order chi connectivity index (χ1) is 17.3. The lowest BCUT2D eigenvalue weighted by Crippen LogP contribution is -2.67. The molecule has 2 heterocycles. The molecule has 0 aliphatic carbocycles. The molecule has 0 spiro atoms. The van der Waals surface area contributed by atoms with Crippen molar-refractivity contribution in [2.45, 2.75) is 18.3 Å². The fourth-order valence-electron chi connectivity index (χ4n) is 4.46. The number of β-lactam (4-membered cyclic amide) rings is 1. The number of hydrogen-bond acceptors (Lipinski definition) is 3. The van der Waals surface area contributed by atoms with Crippen LogP contribution in [0.3, 0.4) is 0 Å². The largest absolute Gasteiger partial charge is 0.416 e. The standard InChI is InChI=1S/C24H10Cl4F4N2O3/c25-15-13-14(16(26)18(28)17(15)27)22(36)34(21(13)35)20-19(9-4-6-11(29)7-5-9)33(23(20)37)12-3-1-2-10(8-12)24(30,31)32/h1-8,19-20H/t19-,20-/m0/s1. The molecular weight excluding hydrogens is 582 g/mol. The zero-order valence-electron chi connectivity index (χ0n) is 17.9. The van der Waals surface area contributed by atoms with Crippen LogP contribution in [0.4, 0.5) is 23.2 Å². The summed E-state index contributed by atoms with van der Waals surface area (Å²) in [6, 6.07) is 6.09. The molecule has 3 amide bonds. The normalized spacial score (nSPS) is 19.4. The lowest BCUT2D eigenvalue weighted by molar-refractivity contribution is -0.137. The number of halogens is 8. The van der Waals surface area contributed by atoms with Crippen LogP contribution in [0.2, 0.25) is 20.1 Å². The van der Waals surface area contributed by atoms with Crippen molar-refractivity contribution in [3.05, 3.63) is 96.7 Å². The maximum atomic E-state index is 13.6. The van der Waals surface area contributed by atoms with E-state index in [-0.39, 0.29) is 42.5 Å². The second-order valence-corrected chi connectivity index (χ2v) is 9.70. The van der Waals surface area contributed by atoms with E-state index in [2.05, 4.69) is 0 Å². The van der Waals surface area contributed by atoms with Crippen molar-refractivity contribution >= 4 is 69.8 Å². The van der Waals surface area contributed by atoms with Crippen molar-refractivity contribution in [3.8, 4) is 0 Å². The Bertz CT molecular complexity index is 1460. The SMILES string of the molecule is O=C1c2c(Cl)c(Cl)c(Cl)c(Cl)c2C(=O)N1[C@@H]1C(=O)N(c2cccc(C(F)(F)F)c2)[C@H]1c1ccc(F)cc1. The van der Waals surface area contributed by atoms with Gasteiger partial charge in [0.25, 0.3) is 17.7 Å². The summed E-state index contributed by atoms with van der Waals surface area (Å²) in [5.74, 6) is -3.44. The highest BCUT2D eigenvalue weighted by molar-refractivity contribution is 6.55. The molecule has 2 aliphatic rings. The Balaban J connectivity index is 1.63. The number of hydrogen-bond donors (Lipinski definition) is 0. The molecule has 3 aromatic rings. The second kappa shape index (κ2) is 8.87.